The smallest absolute Gasteiger partial charge is 0.410 e. The first-order valence-corrected chi connectivity index (χ1v) is 9.64. The van der Waals surface area contributed by atoms with E-state index in [2.05, 4.69) is 12.2 Å². The second-order valence-electron chi connectivity index (χ2n) is 7.80. The van der Waals surface area contributed by atoms with Gasteiger partial charge in [0.05, 0.1) is 0 Å². The van der Waals surface area contributed by atoms with Gasteiger partial charge in [-0.25, -0.2) is 4.79 Å². The van der Waals surface area contributed by atoms with Gasteiger partial charge in [0.1, 0.15) is 5.60 Å². The summed E-state index contributed by atoms with van der Waals surface area (Å²) in [6.45, 7) is 10.8. The quantitative estimate of drug-likeness (QED) is 0.623. The number of hydrogen-bond donors (Lipinski definition) is 1. The first-order valence-electron chi connectivity index (χ1n) is 9.64. The van der Waals surface area contributed by atoms with Crippen molar-refractivity contribution in [2.75, 3.05) is 19.6 Å². The number of ether oxygens (including phenoxy) is 1. The predicted molar refractivity (Wildman–Crippen MR) is 96.8 cm³/mol. The van der Waals surface area contributed by atoms with Gasteiger partial charge in [-0.1, -0.05) is 39.0 Å². The molecule has 0 aromatic heterocycles. The fourth-order valence-electron chi connectivity index (χ4n) is 3.07. The van der Waals surface area contributed by atoms with Crippen LogP contribution in [0.3, 0.4) is 0 Å². The third-order valence-electron chi connectivity index (χ3n) is 4.34. The van der Waals surface area contributed by atoms with Crippen LogP contribution in [-0.2, 0) is 4.74 Å². The van der Waals surface area contributed by atoms with Crippen LogP contribution < -0.4 is 5.32 Å². The Morgan fingerprint density at radius 1 is 1.13 bits per heavy atom. The van der Waals surface area contributed by atoms with Crippen molar-refractivity contribution in [3.8, 4) is 0 Å². The van der Waals surface area contributed by atoms with Gasteiger partial charge in [-0.3, -0.25) is 0 Å². The van der Waals surface area contributed by atoms with E-state index >= 15 is 0 Å². The zero-order valence-corrected chi connectivity index (χ0v) is 15.8. The highest BCUT2D eigenvalue weighted by Crippen LogP contribution is 2.20. The predicted octanol–water partition coefficient (Wildman–Crippen LogP) is 4.73. The monoisotopic (exact) mass is 326 g/mol. The van der Waals surface area contributed by atoms with E-state index in [0.29, 0.717) is 6.04 Å². The molecule has 1 atom stereocenters. The van der Waals surface area contributed by atoms with Crippen LogP contribution in [0.5, 0.6) is 0 Å². The minimum absolute atomic E-state index is 0.149. The summed E-state index contributed by atoms with van der Waals surface area (Å²) < 4.78 is 5.55. The third kappa shape index (κ3) is 9.19. The van der Waals surface area contributed by atoms with Gasteiger partial charge in [0.25, 0.3) is 0 Å². The van der Waals surface area contributed by atoms with E-state index < -0.39 is 5.60 Å². The molecular weight excluding hydrogens is 288 g/mol. The Morgan fingerprint density at radius 2 is 1.83 bits per heavy atom. The van der Waals surface area contributed by atoms with Gasteiger partial charge in [0.2, 0.25) is 0 Å². The summed E-state index contributed by atoms with van der Waals surface area (Å²) in [7, 11) is 0. The Morgan fingerprint density at radius 3 is 2.52 bits per heavy atom. The molecule has 1 heterocycles. The van der Waals surface area contributed by atoms with Crippen LogP contribution in [0, 0.1) is 0 Å². The molecule has 4 heteroatoms. The molecule has 0 aromatic rings. The fourth-order valence-corrected chi connectivity index (χ4v) is 3.07. The van der Waals surface area contributed by atoms with Crippen LogP contribution >= 0.6 is 0 Å². The topological polar surface area (TPSA) is 41.6 Å². The molecule has 136 valence electrons. The van der Waals surface area contributed by atoms with Crippen LogP contribution in [0.4, 0.5) is 4.79 Å². The molecule has 1 aliphatic rings. The van der Waals surface area contributed by atoms with Crippen LogP contribution in [0.25, 0.3) is 0 Å². The van der Waals surface area contributed by atoms with E-state index in [1.165, 1.54) is 44.9 Å². The van der Waals surface area contributed by atoms with E-state index in [0.717, 1.165) is 32.5 Å². The average molecular weight is 327 g/mol. The fraction of sp³-hybridized carbons (Fsp3) is 0.947. The summed E-state index contributed by atoms with van der Waals surface area (Å²) >= 11 is 0. The van der Waals surface area contributed by atoms with Crippen LogP contribution in [0.15, 0.2) is 0 Å². The molecule has 0 aliphatic carbocycles. The molecule has 0 aromatic carbocycles. The standard InChI is InChI=1S/C19H38N2O2/c1-5-6-7-8-9-11-14-20-16-17-13-10-12-15-21(17)18(22)23-19(2,3)4/h17,20H,5-16H2,1-4H3. The SMILES string of the molecule is CCCCCCCCNCC1CCCCN1C(=O)OC(C)(C)C. The lowest BCUT2D eigenvalue weighted by Crippen LogP contribution is -2.50. The molecule has 1 unspecified atom stereocenters. The van der Waals surface area contributed by atoms with Gasteiger partial charge in [-0.2, -0.15) is 0 Å². The number of carbonyl (C=O) groups is 1. The van der Waals surface area contributed by atoms with Crippen LogP contribution in [0.1, 0.15) is 85.5 Å². The molecule has 1 amide bonds. The highest BCUT2D eigenvalue weighted by Gasteiger charge is 2.29. The number of amides is 1. The van der Waals surface area contributed by atoms with E-state index in [9.17, 15) is 4.79 Å². The van der Waals surface area contributed by atoms with Gasteiger partial charge in [0, 0.05) is 19.1 Å². The molecule has 23 heavy (non-hydrogen) atoms. The number of nitrogens with one attached hydrogen (secondary N) is 1. The first kappa shape index (κ1) is 20.3. The average Bonchev–Trinajstić information content (AvgIpc) is 2.48. The Kier molecular flexibility index (Phi) is 9.61. The van der Waals surface area contributed by atoms with E-state index in [-0.39, 0.29) is 6.09 Å². The number of nitrogens with zero attached hydrogens (tertiary/aromatic N) is 1. The molecule has 0 bridgehead atoms. The molecule has 1 saturated heterocycles. The first-order chi connectivity index (χ1) is 10.9. The van der Waals surface area contributed by atoms with Crippen molar-refractivity contribution >= 4 is 6.09 Å². The summed E-state index contributed by atoms with van der Waals surface area (Å²) in [5, 5.41) is 3.54. The van der Waals surface area contributed by atoms with Gasteiger partial charge in [-0.05, 0) is 53.0 Å². The van der Waals surface area contributed by atoms with Crippen LogP contribution in [0.2, 0.25) is 0 Å². The van der Waals surface area contributed by atoms with Crippen molar-refractivity contribution in [2.45, 2.75) is 97.1 Å². The van der Waals surface area contributed by atoms with Crippen molar-refractivity contribution < 1.29 is 9.53 Å². The second-order valence-corrected chi connectivity index (χ2v) is 7.80. The highest BCUT2D eigenvalue weighted by molar-refractivity contribution is 5.68. The lowest BCUT2D eigenvalue weighted by Gasteiger charge is -2.37. The third-order valence-corrected chi connectivity index (χ3v) is 4.34. The van der Waals surface area contributed by atoms with Crippen molar-refractivity contribution in [1.82, 2.24) is 10.2 Å². The molecule has 4 nitrogen and oxygen atoms in total. The number of likely N-dealkylation sites (tertiary alicyclic amines) is 1. The molecule has 1 N–H and O–H groups in total. The zero-order valence-electron chi connectivity index (χ0n) is 15.8. The van der Waals surface area contributed by atoms with E-state index in [1.807, 2.05) is 25.7 Å². The van der Waals surface area contributed by atoms with Crippen molar-refractivity contribution in [1.29, 1.82) is 0 Å². The maximum atomic E-state index is 12.3. The lowest BCUT2D eigenvalue weighted by atomic mass is 10.0. The largest absolute Gasteiger partial charge is 0.444 e. The molecular formula is C19H38N2O2. The minimum Gasteiger partial charge on any atom is -0.444 e. The summed E-state index contributed by atoms with van der Waals surface area (Å²) in [5.41, 5.74) is -0.412. The normalized spacial score (nSPS) is 19.0. The second kappa shape index (κ2) is 10.9. The number of unbranched alkanes of at least 4 members (excludes halogenated alkanes) is 5. The summed E-state index contributed by atoms with van der Waals surface area (Å²) in [4.78, 5) is 14.3. The lowest BCUT2D eigenvalue weighted by molar-refractivity contribution is 0.00997. The van der Waals surface area contributed by atoms with Gasteiger partial charge >= 0.3 is 6.09 Å². The zero-order chi connectivity index (χ0) is 17.1. The molecule has 1 rings (SSSR count). The summed E-state index contributed by atoms with van der Waals surface area (Å²) in [6.07, 6.45) is 11.2. The molecule has 0 saturated carbocycles. The minimum atomic E-state index is -0.412. The van der Waals surface area contributed by atoms with Crippen LogP contribution in [-0.4, -0.2) is 42.3 Å². The van der Waals surface area contributed by atoms with Crippen molar-refractivity contribution in [2.24, 2.45) is 0 Å². The molecule has 0 spiro atoms. The highest BCUT2D eigenvalue weighted by atomic mass is 16.6. The Labute approximate surface area is 143 Å². The Bertz CT molecular complexity index is 326. The molecule has 1 aliphatic heterocycles. The number of piperidine rings is 1. The number of carbonyl (C=O) groups excluding carboxylic acids is 1. The van der Waals surface area contributed by atoms with Gasteiger partial charge in [0.15, 0.2) is 0 Å². The van der Waals surface area contributed by atoms with E-state index in [4.69, 9.17) is 4.74 Å². The molecule has 0 radical (unpaired) electrons. The van der Waals surface area contributed by atoms with Gasteiger partial charge in [-0.15, -0.1) is 0 Å². The summed E-state index contributed by atoms with van der Waals surface area (Å²) in [6, 6.07) is 0.290. The number of rotatable bonds is 9. The number of hydrogen-bond acceptors (Lipinski definition) is 3. The van der Waals surface area contributed by atoms with E-state index in [1.54, 1.807) is 0 Å². The molecule has 1 fully saturated rings. The maximum absolute atomic E-state index is 12.3. The summed E-state index contributed by atoms with van der Waals surface area (Å²) in [5.74, 6) is 0. The van der Waals surface area contributed by atoms with Crippen molar-refractivity contribution in [3.05, 3.63) is 0 Å². The van der Waals surface area contributed by atoms with Crippen molar-refractivity contribution in [3.63, 3.8) is 0 Å². The Balaban J connectivity index is 2.23. The Hall–Kier alpha value is -0.770. The van der Waals surface area contributed by atoms with Gasteiger partial charge < -0.3 is 15.0 Å². The maximum Gasteiger partial charge on any atom is 0.410 e.